The van der Waals surface area contributed by atoms with E-state index in [0.717, 1.165) is 12.8 Å². The van der Waals surface area contributed by atoms with Gasteiger partial charge in [0.05, 0.1) is 26.8 Å². The largest absolute Gasteiger partial charge is 0.493 e. The number of nitrogens with one attached hydrogen (secondary N) is 1. The molecule has 0 radical (unpaired) electrons. The lowest BCUT2D eigenvalue weighted by Gasteiger charge is -2.33. The van der Waals surface area contributed by atoms with Crippen LogP contribution in [-0.4, -0.2) is 66.4 Å². The standard InChI is InChI=1S/C21H25ClN8O4/c1-32-13-8-11-12(9-14(13)33-2)26-21(29-17(11)23)30-6-4-10(5-7-30)25-19-16(22)27-15(18(24)28-19)20(31)34-3/h8-10H,4-7H2,1-3H3,(H2,23,26,29)(H3,24,25,28). The summed E-state index contributed by atoms with van der Waals surface area (Å²) in [5, 5.41) is 4.00. The number of hydrogen-bond donors (Lipinski definition) is 3. The molecule has 1 saturated heterocycles. The first kappa shape index (κ1) is 23.4. The molecule has 0 saturated carbocycles. The number of benzene rings is 1. The first-order chi connectivity index (χ1) is 16.3. The Morgan fingerprint density at radius 3 is 2.35 bits per heavy atom. The van der Waals surface area contributed by atoms with Crippen LogP contribution in [0.5, 0.6) is 11.5 Å². The molecule has 3 heterocycles. The zero-order valence-electron chi connectivity index (χ0n) is 19.0. The molecule has 1 aliphatic rings. The summed E-state index contributed by atoms with van der Waals surface area (Å²) in [6.45, 7) is 1.35. The number of esters is 1. The van der Waals surface area contributed by atoms with E-state index < -0.39 is 5.97 Å². The minimum absolute atomic E-state index is 0.0482. The average Bonchev–Trinajstić information content (AvgIpc) is 2.85. The molecule has 2 aromatic heterocycles. The van der Waals surface area contributed by atoms with Gasteiger partial charge in [0, 0.05) is 30.6 Å². The normalized spacial score (nSPS) is 14.2. The number of ether oxygens (including phenoxy) is 3. The van der Waals surface area contributed by atoms with Gasteiger partial charge in [-0.25, -0.2) is 19.7 Å². The van der Waals surface area contributed by atoms with E-state index in [9.17, 15) is 4.79 Å². The van der Waals surface area contributed by atoms with Crippen LogP contribution in [0.4, 0.5) is 23.4 Å². The van der Waals surface area contributed by atoms with Gasteiger partial charge in [-0.2, -0.15) is 4.98 Å². The quantitative estimate of drug-likeness (QED) is 0.433. The van der Waals surface area contributed by atoms with Gasteiger partial charge in [-0.3, -0.25) is 0 Å². The smallest absolute Gasteiger partial charge is 0.360 e. The zero-order valence-corrected chi connectivity index (χ0v) is 19.7. The Morgan fingerprint density at radius 2 is 1.71 bits per heavy atom. The Bertz CT molecular complexity index is 1230. The fourth-order valence-electron chi connectivity index (χ4n) is 3.79. The van der Waals surface area contributed by atoms with Gasteiger partial charge < -0.3 is 35.9 Å². The molecule has 0 aliphatic carbocycles. The third kappa shape index (κ3) is 4.49. The summed E-state index contributed by atoms with van der Waals surface area (Å²) < 4.78 is 15.4. The van der Waals surface area contributed by atoms with Crippen molar-refractivity contribution in [2.75, 3.05) is 56.1 Å². The number of rotatable bonds is 6. The fourth-order valence-corrected chi connectivity index (χ4v) is 3.97. The van der Waals surface area contributed by atoms with Gasteiger partial charge in [0.25, 0.3) is 0 Å². The lowest BCUT2D eigenvalue weighted by Crippen LogP contribution is -2.40. The molecule has 0 atom stereocenters. The summed E-state index contributed by atoms with van der Waals surface area (Å²) in [5.41, 5.74) is 12.6. The number of aromatic nitrogens is 4. The average molecular weight is 489 g/mol. The molecule has 13 heteroatoms. The Morgan fingerprint density at radius 1 is 1.03 bits per heavy atom. The van der Waals surface area contributed by atoms with Crippen molar-refractivity contribution in [3.63, 3.8) is 0 Å². The van der Waals surface area contributed by atoms with Crippen molar-refractivity contribution in [2.45, 2.75) is 18.9 Å². The molecule has 3 aromatic rings. The first-order valence-electron chi connectivity index (χ1n) is 10.5. The number of anilines is 4. The minimum atomic E-state index is -0.697. The number of nitrogens with zero attached hydrogens (tertiary/aromatic N) is 5. The van der Waals surface area contributed by atoms with E-state index in [1.54, 1.807) is 26.4 Å². The van der Waals surface area contributed by atoms with Crippen molar-refractivity contribution >= 4 is 51.9 Å². The zero-order chi connectivity index (χ0) is 24.4. The van der Waals surface area contributed by atoms with Crippen molar-refractivity contribution in [1.82, 2.24) is 19.9 Å². The number of piperidine rings is 1. The van der Waals surface area contributed by atoms with Crippen molar-refractivity contribution in [2.24, 2.45) is 0 Å². The van der Waals surface area contributed by atoms with Crippen LogP contribution in [0.15, 0.2) is 12.1 Å². The number of carbonyl (C=O) groups is 1. The Kier molecular flexibility index (Phi) is 6.59. The van der Waals surface area contributed by atoms with E-state index >= 15 is 0 Å². The molecular formula is C21H25ClN8O4. The number of methoxy groups -OCH3 is 3. The minimum Gasteiger partial charge on any atom is -0.493 e. The Balaban J connectivity index is 1.48. The second-order valence-electron chi connectivity index (χ2n) is 7.63. The molecule has 0 amide bonds. The van der Waals surface area contributed by atoms with E-state index in [2.05, 4.69) is 34.9 Å². The maximum atomic E-state index is 11.7. The molecule has 1 aliphatic heterocycles. The summed E-state index contributed by atoms with van der Waals surface area (Å²) in [7, 11) is 4.37. The summed E-state index contributed by atoms with van der Waals surface area (Å²) in [5.74, 6) is 1.60. The van der Waals surface area contributed by atoms with Crippen LogP contribution in [0.25, 0.3) is 10.9 Å². The van der Waals surface area contributed by atoms with Crippen molar-refractivity contribution in [3.8, 4) is 11.5 Å². The Labute approximate surface area is 200 Å². The van der Waals surface area contributed by atoms with Gasteiger partial charge in [-0.15, -0.1) is 0 Å². The monoisotopic (exact) mass is 488 g/mol. The van der Waals surface area contributed by atoms with Gasteiger partial charge in [0.2, 0.25) is 5.95 Å². The van der Waals surface area contributed by atoms with Crippen molar-refractivity contribution in [1.29, 1.82) is 0 Å². The van der Waals surface area contributed by atoms with Crippen LogP contribution in [0.3, 0.4) is 0 Å². The van der Waals surface area contributed by atoms with Crippen molar-refractivity contribution < 1.29 is 19.0 Å². The number of hydrogen-bond acceptors (Lipinski definition) is 12. The Hall–Kier alpha value is -3.80. The van der Waals surface area contributed by atoms with E-state index in [4.69, 9.17) is 32.5 Å². The lowest BCUT2D eigenvalue weighted by molar-refractivity contribution is 0.0595. The molecule has 1 fully saturated rings. The molecule has 180 valence electrons. The SMILES string of the molecule is COC(=O)c1nc(Cl)c(NC2CCN(c3nc(N)c4cc(OC)c(OC)cc4n3)CC2)nc1N. The third-order valence-electron chi connectivity index (χ3n) is 5.60. The van der Waals surface area contributed by atoms with Crippen LogP contribution < -0.4 is 31.2 Å². The summed E-state index contributed by atoms with van der Waals surface area (Å²) in [4.78, 5) is 31.2. The predicted molar refractivity (Wildman–Crippen MR) is 129 cm³/mol. The highest BCUT2D eigenvalue weighted by Gasteiger charge is 2.25. The van der Waals surface area contributed by atoms with Crippen LogP contribution >= 0.6 is 11.6 Å². The van der Waals surface area contributed by atoms with E-state index in [1.807, 2.05) is 0 Å². The van der Waals surface area contributed by atoms with Crippen LogP contribution in [0, 0.1) is 0 Å². The topological polar surface area (TPSA) is 164 Å². The molecular weight excluding hydrogens is 464 g/mol. The lowest BCUT2D eigenvalue weighted by atomic mass is 10.1. The van der Waals surface area contributed by atoms with Crippen LogP contribution in [0.1, 0.15) is 23.3 Å². The van der Waals surface area contributed by atoms with Crippen molar-refractivity contribution in [3.05, 3.63) is 23.0 Å². The number of fused-ring (bicyclic) bond motifs is 1. The number of halogens is 1. The maximum absolute atomic E-state index is 11.7. The molecule has 4 rings (SSSR count). The number of nitrogens with two attached hydrogens (primary N) is 2. The molecule has 0 unspecified atom stereocenters. The summed E-state index contributed by atoms with van der Waals surface area (Å²) >= 11 is 6.20. The molecule has 0 bridgehead atoms. The summed E-state index contributed by atoms with van der Waals surface area (Å²) in [6, 6.07) is 3.62. The molecule has 5 N–H and O–H groups in total. The molecule has 1 aromatic carbocycles. The van der Waals surface area contributed by atoms with Gasteiger partial charge in [-0.05, 0) is 18.9 Å². The van der Waals surface area contributed by atoms with E-state index in [1.165, 1.54) is 7.11 Å². The van der Waals surface area contributed by atoms with E-state index in [0.29, 0.717) is 53.1 Å². The highest BCUT2D eigenvalue weighted by molar-refractivity contribution is 6.32. The van der Waals surface area contributed by atoms with Gasteiger partial charge in [0.15, 0.2) is 34.0 Å². The molecule has 0 spiro atoms. The highest BCUT2D eigenvalue weighted by atomic mass is 35.5. The second-order valence-corrected chi connectivity index (χ2v) is 7.99. The number of carbonyl (C=O) groups excluding carboxylic acids is 1. The van der Waals surface area contributed by atoms with Crippen LogP contribution in [-0.2, 0) is 4.74 Å². The second kappa shape index (κ2) is 9.59. The van der Waals surface area contributed by atoms with Crippen LogP contribution in [0.2, 0.25) is 5.15 Å². The maximum Gasteiger partial charge on any atom is 0.360 e. The van der Waals surface area contributed by atoms with E-state index in [-0.39, 0.29) is 22.7 Å². The summed E-state index contributed by atoms with van der Waals surface area (Å²) in [6.07, 6.45) is 1.51. The third-order valence-corrected chi connectivity index (χ3v) is 5.86. The number of nitrogen functional groups attached to an aromatic ring is 2. The van der Waals surface area contributed by atoms with Gasteiger partial charge in [0.1, 0.15) is 5.82 Å². The first-order valence-corrected chi connectivity index (χ1v) is 10.8. The predicted octanol–water partition coefficient (Wildman–Crippen LogP) is 2.12. The van der Waals surface area contributed by atoms with Gasteiger partial charge in [-0.1, -0.05) is 11.6 Å². The molecule has 34 heavy (non-hydrogen) atoms. The fraction of sp³-hybridized carbons (Fsp3) is 0.381. The molecule has 12 nitrogen and oxygen atoms in total. The van der Waals surface area contributed by atoms with Gasteiger partial charge >= 0.3 is 5.97 Å². The highest BCUT2D eigenvalue weighted by Crippen LogP contribution is 2.34.